The number of aliphatic hydroxyl groups excluding tert-OH is 1. The zero-order chi connectivity index (χ0) is 13.8. The second-order valence-corrected chi connectivity index (χ2v) is 4.01. The molecule has 0 fully saturated rings. The van der Waals surface area contributed by atoms with Crippen molar-refractivity contribution in [1.82, 2.24) is 0 Å². The summed E-state index contributed by atoms with van der Waals surface area (Å²) in [6.45, 7) is 0.384. The Hall–Kier alpha value is -1.30. The van der Waals surface area contributed by atoms with Crippen molar-refractivity contribution in [2.24, 2.45) is 0 Å². The molecule has 0 radical (unpaired) electrons. The van der Waals surface area contributed by atoms with Crippen LogP contribution in [0.3, 0.4) is 0 Å². The molecule has 6 heteroatoms. The second kappa shape index (κ2) is 6.04. The molecule has 0 spiro atoms. The third-order valence-electron chi connectivity index (χ3n) is 2.35. The van der Waals surface area contributed by atoms with Crippen LogP contribution in [0, 0.1) is 5.82 Å². The van der Waals surface area contributed by atoms with E-state index in [4.69, 9.17) is 5.11 Å². The van der Waals surface area contributed by atoms with Crippen molar-refractivity contribution >= 4 is 5.69 Å². The minimum absolute atomic E-state index is 0.137. The first-order chi connectivity index (χ1) is 8.35. The van der Waals surface area contributed by atoms with Crippen LogP contribution in [0.25, 0.3) is 0 Å². The molecule has 102 valence electrons. The molecule has 1 N–H and O–H groups in total. The number of rotatable bonds is 5. The fourth-order valence-corrected chi connectivity index (χ4v) is 1.69. The van der Waals surface area contributed by atoms with Gasteiger partial charge in [0.2, 0.25) is 0 Å². The average Bonchev–Trinajstić information content (AvgIpc) is 2.26. The summed E-state index contributed by atoms with van der Waals surface area (Å²) in [4.78, 5) is 1.06. The first-order valence-corrected chi connectivity index (χ1v) is 5.57. The van der Waals surface area contributed by atoms with Crippen LogP contribution in [0.2, 0.25) is 0 Å². The van der Waals surface area contributed by atoms with E-state index in [1.807, 2.05) is 0 Å². The second-order valence-electron chi connectivity index (χ2n) is 4.01. The summed E-state index contributed by atoms with van der Waals surface area (Å²) in [5, 5.41) is 8.92. The zero-order valence-corrected chi connectivity index (χ0v) is 9.97. The SMILES string of the molecule is CCCN(CC(F)(F)F)c1cc(F)cc(CO)c1. The van der Waals surface area contributed by atoms with Gasteiger partial charge in [0.1, 0.15) is 12.4 Å². The van der Waals surface area contributed by atoms with Crippen molar-refractivity contribution in [1.29, 1.82) is 0 Å². The van der Waals surface area contributed by atoms with Gasteiger partial charge in [0.25, 0.3) is 0 Å². The van der Waals surface area contributed by atoms with Gasteiger partial charge in [-0.05, 0) is 30.2 Å². The molecule has 0 saturated heterocycles. The number of alkyl halides is 3. The van der Waals surface area contributed by atoms with Gasteiger partial charge < -0.3 is 10.0 Å². The Morgan fingerprint density at radius 2 is 1.89 bits per heavy atom. The van der Waals surface area contributed by atoms with Crippen molar-refractivity contribution in [2.45, 2.75) is 26.1 Å². The van der Waals surface area contributed by atoms with Crippen LogP contribution in [0.15, 0.2) is 18.2 Å². The third-order valence-corrected chi connectivity index (χ3v) is 2.35. The van der Waals surface area contributed by atoms with Gasteiger partial charge in [0.05, 0.1) is 6.61 Å². The van der Waals surface area contributed by atoms with E-state index in [1.54, 1.807) is 6.92 Å². The number of anilines is 1. The highest BCUT2D eigenvalue weighted by Gasteiger charge is 2.30. The van der Waals surface area contributed by atoms with Gasteiger partial charge in [0.15, 0.2) is 0 Å². The first kappa shape index (κ1) is 14.8. The smallest absolute Gasteiger partial charge is 0.392 e. The largest absolute Gasteiger partial charge is 0.405 e. The van der Waals surface area contributed by atoms with Crippen molar-refractivity contribution in [2.75, 3.05) is 18.0 Å². The molecule has 0 unspecified atom stereocenters. The van der Waals surface area contributed by atoms with E-state index < -0.39 is 25.1 Å². The summed E-state index contributed by atoms with van der Waals surface area (Å²) in [5.74, 6) is -0.653. The fraction of sp³-hybridized carbons (Fsp3) is 0.500. The van der Waals surface area contributed by atoms with Gasteiger partial charge in [-0.2, -0.15) is 13.2 Å². The monoisotopic (exact) mass is 265 g/mol. The molecular weight excluding hydrogens is 250 g/mol. The van der Waals surface area contributed by atoms with Crippen molar-refractivity contribution in [3.63, 3.8) is 0 Å². The molecule has 0 atom stereocenters. The minimum atomic E-state index is -4.35. The van der Waals surface area contributed by atoms with Crippen LogP contribution in [-0.4, -0.2) is 24.4 Å². The molecule has 0 aliphatic heterocycles. The van der Waals surface area contributed by atoms with Crippen molar-refractivity contribution < 1.29 is 22.7 Å². The van der Waals surface area contributed by atoms with E-state index in [2.05, 4.69) is 0 Å². The maximum absolute atomic E-state index is 13.2. The standard InChI is InChI=1S/C12H15F4NO/c1-2-3-17(8-12(14,15)16)11-5-9(7-18)4-10(13)6-11/h4-6,18H,2-3,7-8H2,1H3. The molecule has 1 rings (SSSR count). The molecule has 1 aromatic rings. The highest BCUT2D eigenvalue weighted by Crippen LogP contribution is 2.24. The Morgan fingerprint density at radius 1 is 1.22 bits per heavy atom. The predicted octanol–water partition coefficient (Wildman–Crippen LogP) is 3.10. The van der Waals surface area contributed by atoms with E-state index in [9.17, 15) is 17.6 Å². The normalized spacial score (nSPS) is 11.7. The van der Waals surface area contributed by atoms with Crippen LogP contribution in [0.1, 0.15) is 18.9 Å². The molecule has 0 heterocycles. The van der Waals surface area contributed by atoms with Crippen LogP contribution in [0.5, 0.6) is 0 Å². The van der Waals surface area contributed by atoms with E-state index in [-0.39, 0.29) is 17.8 Å². The Morgan fingerprint density at radius 3 is 2.39 bits per heavy atom. The number of aliphatic hydroxyl groups is 1. The molecule has 2 nitrogen and oxygen atoms in total. The molecule has 0 saturated carbocycles. The summed E-state index contributed by atoms with van der Waals surface area (Å²) < 4.78 is 50.5. The quantitative estimate of drug-likeness (QED) is 0.827. The summed E-state index contributed by atoms with van der Waals surface area (Å²) >= 11 is 0. The lowest BCUT2D eigenvalue weighted by atomic mass is 10.2. The lowest BCUT2D eigenvalue weighted by molar-refractivity contribution is -0.119. The van der Waals surface area contributed by atoms with Gasteiger partial charge in [-0.1, -0.05) is 6.92 Å². The minimum Gasteiger partial charge on any atom is -0.392 e. The molecule has 0 bridgehead atoms. The third kappa shape index (κ3) is 4.52. The number of nitrogens with zero attached hydrogens (tertiary/aromatic N) is 1. The molecule has 0 amide bonds. The Balaban J connectivity index is 3.01. The Kier molecular flexibility index (Phi) is 4.95. The fourth-order valence-electron chi connectivity index (χ4n) is 1.69. The first-order valence-electron chi connectivity index (χ1n) is 5.57. The lowest BCUT2D eigenvalue weighted by Crippen LogP contribution is -2.35. The van der Waals surface area contributed by atoms with Gasteiger partial charge in [-0.15, -0.1) is 0 Å². The topological polar surface area (TPSA) is 23.5 Å². The van der Waals surface area contributed by atoms with E-state index >= 15 is 0 Å². The number of halogens is 4. The maximum atomic E-state index is 13.2. The van der Waals surface area contributed by atoms with E-state index in [0.717, 1.165) is 17.0 Å². The molecule has 18 heavy (non-hydrogen) atoms. The highest BCUT2D eigenvalue weighted by atomic mass is 19.4. The molecule has 0 aliphatic rings. The summed E-state index contributed by atoms with van der Waals surface area (Å²) in [7, 11) is 0. The zero-order valence-electron chi connectivity index (χ0n) is 9.97. The van der Waals surface area contributed by atoms with Crippen LogP contribution >= 0.6 is 0 Å². The van der Waals surface area contributed by atoms with Crippen LogP contribution < -0.4 is 4.90 Å². The average molecular weight is 265 g/mol. The van der Waals surface area contributed by atoms with Crippen molar-refractivity contribution in [3.05, 3.63) is 29.6 Å². The maximum Gasteiger partial charge on any atom is 0.405 e. The summed E-state index contributed by atoms with van der Waals surface area (Å²) in [6, 6.07) is 3.51. The lowest BCUT2D eigenvalue weighted by Gasteiger charge is -2.26. The summed E-state index contributed by atoms with van der Waals surface area (Å²) in [6.07, 6.45) is -3.83. The molecule has 0 aromatic heterocycles. The summed E-state index contributed by atoms with van der Waals surface area (Å²) in [5.41, 5.74) is 0.395. The van der Waals surface area contributed by atoms with Gasteiger partial charge in [-0.3, -0.25) is 0 Å². The Labute approximate surface area is 103 Å². The van der Waals surface area contributed by atoms with Crippen molar-refractivity contribution in [3.8, 4) is 0 Å². The number of benzene rings is 1. The number of hydrogen-bond acceptors (Lipinski definition) is 2. The van der Waals surface area contributed by atoms with Crippen LogP contribution in [-0.2, 0) is 6.61 Å². The highest BCUT2D eigenvalue weighted by molar-refractivity contribution is 5.49. The van der Waals surface area contributed by atoms with E-state index in [1.165, 1.54) is 6.07 Å². The predicted molar refractivity (Wildman–Crippen MR) is 60.9 cm³/mol. The molecule has 1 aromatic carbocycles. The van der Waals surface area contributed by atoms with Crippen LogP contribution in [0.4, 0.5) is 23.2 Å². The molecular formula is C12H15F4NO. The van der Waals surface area contributed by atoms with Gasteiger partial charge in [0, 0.05) is 12.2 Å². The molecule has 0 aliphatic carbocycles. The van der Waals surface area contributed by atoms with Gasteiger partial charge >= 0.3 is 6.18 Å². The van der Waals surface area contributed by atoms with E-state index in [0.29, 0.717) is 6.42 Å². The van der Waals surface area contributed by atoms with Gasteiger partial charge in [-0.25, -0.2) is 4.39 Å². The Bertz CT molecular complexity index is 392. The number of hydrogen-bond donors (Lipinski definition) is 1.